The van der Waals surface area contributed by atoms with E-state index in [9.17, 15) is 0 Å². The van der Waals surface area contributed by atoms with Crippen molar-refractivity contribution in [2.75, 3.05) is 0 Å². The van der Waals surface area contributed by atoms with Gasteiger partial charge in [-0.15, -0.1) is 11.3 Å². The molecule has 2 aromatic heterocycles. The molecular weight excluding hydrogens is 480 g/mol. The fourth-order valence-corrected chi connectivity index (χ4v) is 7.02. The molecule has 0 fully saturated rings. The summed E-state index contributed by atoms with van der Waals surface area (Å²) < 4.78 is 2.67. The lowest BCUT2D eigenvalue weighted by atomic mass is 9.94. The molecule has 0 radical (unpaired) electrons. The molecule has 0 unspecified atom stereocenters. The Hall–Kier alpha value is -4.60. The molecule has 0 N–H and O–H groups in total. The second kappa shape index (κ2) is 8.20. The molecule has 0 aliphatic carbocycles. The number of aromatic nitrogens is 2. The Balaban J connectivity index is 1.34. The summed E-state index contributed by atoms with van der Waals surface area (Å²) in [6, 6.07) is 39.6. The maximum Gasteiger partial charge on any atom is 0.0974 e. The van der Waals surface area contributed by atoms with E-state index in [1.54, 1.807) is 0 Å². The fraction of sp³-hybridized carbons (Fsp3) is 0.0286. The number of rotatable bonds is 2. The van der Waals surface area contributed by atoms with Gasteiger partial charge in [-0.05, 0) is 58.1 Å². The third-order valence-corrected chi connectivity index (χ3v) is 8.77. The summed E-state index contributed by atoms with van der Waals surface area (Å²) in [5.74, 6) is 0. The third-order valence-electron chi connectivity index (χ3n) is 7.55. The smallest absolute Gasteiger partial charge is 0.0974 e. The first-order chi connectivity index (χ1) is 18.7. The number of fused-ring (bicyclic) bond motifs is 9. The molecule has 0 aliphatic rings. The van der Waals surface area contributed by atoms with Gasteiger partial charge in [-0.25, -0.2) is 4.98 Å². The van der Waals surface area contributed by atoms with E-state index in [1.165, 1.54) is 53.2 Å². The van der Waals surface area contributed by atoms with Crippen LogP contribution in [0.2, 0.25) is 0 Å². The Bertz CT molecular complexity index is 2190. The summed E-state index contributed by atoms with van der Waals surface area (Å²) in [5.41, 5.74) is 7.80. The van der Waals surface area contributed by atoms with E-state index < -0.39 is 0 Å². The highest BCUT2D eigenvalue weighted by molar-refractivity contribution is 7.26. The molecule has 2 nitrogen and oxygen atoms in total. The van der Waals surface area contributed by atoms with Gasteiger partial charge in [0.25, 0.3) is 0 Å². The SMILES string of the molecule is Cc1cnc2c3ccc(-c4cccc(-c5cccc6c5sc5ccccc56)c4)cc3c3ccccc3c2n1. The van der Waals surface area contributed by atoms with Crippen LogP contribution >= 0.6 is 11.3 Å². The molecule has 0 spiro atoms. The van der Waals surface area contributed by atoms with Crippen LogP contribution in [-0.4, -0.2) is 9.97 Å². The summed E-state index contributed by atoms with van der Waals surface area (Å²) >= 11 is 1.88. The molecule has 0 amide bonds. The second-order valence-electron chi connectivity index (χ2n) is 9.88. The molecular formula is C35H22N2S. The van der Waals surface area contributed by atoms with E-state index in [0.29, 0.717) is 0 Å². The van der Waals surface area contributed by atoms with Gasteiger partial charge < -0.3 is 0 Å². The van der Waals surface area contributed by atoms with Gasteiger partial charge in [0.1, 0.15) is 0 Å². The van der Waals surface area contributed by atoms with Gasteiger partial charge in [0, 0.05) is 37.1 Å². The van der Waals surface area contributed by atoms with Crippen LogP contribution in [-0.2, 0) is 0 Å². The van der Waals surface area contributed by atoms with Crippen molar-refractivity contribution in [1.29, 1.82) is 0 Å². The zero-order valence-electron chi connectivity index (χ0n) is 20.8. The van der Waals surface area contributed by atoms with E-state index in [2.05, 4.69) is 109 Å². The van der Waals surface area contributed by atoms with Crippen LogP contribution < -0.4 is 0 Å². The minimum Gasteiger partial charge on any atom is -0.252 e. The molecule has 2 heterocycles. The van der Waals surface area contributed by atoms with Gasteiger partial charge in [0.2, 0.25) is 0 Å². The van der Waals surface area contributed by atoms with Crippen LogP contribution in [0.4, 0.5) is 0 Å². The van der Waals surface area contributed by atoms with Crippen LogP contribution in [0.25, 0.3) is 75.0 Å². The Labute approximate surface area is 223 Å². The van der Waals surface area contributed by atoms with Gasteiger partial charge >= 0.3 is 0 Å². The highest BCUT2D eigenvalue weighted by Crippen LogP contribution is 2.41. The molecule has 178 valence electrons. The van der Waals surface area contributed by atoms with Crippen molar-refractivity contribution in [1.82, 2.24) is 9.97 Å². The van der Waals surface area contributed by atoms with Crippen molar-refractivity contribution in [3.63, 3.8) is 0 Å². The van der Waals surface area contributed by atoms with E-state index in [-0.39, 0.29) is 0 Å². The molecule has 3 heteroatoms. The van der Waals surface area contributed by atoms with Gasteiger partial charge in [-0.3, -0.25) is 4.98 Å². The Morgan fingerprint density at radius 1 is 0.526 bits per heavy atom. The highest BCUT2D eigenvalue weighted by Gasteiger charge is 2.14. The molecule has 0 saturated carbocycles. The topological polar surface area (TPSA) is 25.8 Å². The molecule has 8 aromatic rings. The second-order valence-corrected chi connectivity index (χ2v) is 10.9. The first-order valence-electron chi connectivity index (χ1n) is 12.8. The predicted molar refractivity (Wildman–Crippen MR) is 163 cm³/mol. The first kappa shape index (κ1) is 21.5. The molecule has 6 aromatic carbocycles. The standard InChI is InChI=1S/C35H22N2S/c1-21-20-36-33-29-17-16-23(19-31(29)26-10-2-3-12-28(26)34(33)37-21)22-8-6-9-24(18-22)25-13-7-14-30-27-11-4-5-15-32(27)38-35(25)30/h2-20H,1H3. The average Bonchev–Trinajstić information content (AvgIpc) is 3.36. The number of aryl methyl sites for hydroxylation is 1. The summed E-state index contributed by atoms with van der Waals surface area (Å²) in [5, 5.41) is 7.37. The number of thiophene rings is 1. The molecule has 8 rings (SSSR count). The molecule has 0 bridgehead atoms. The van der Waals surface area contributed by atoms with E-state index >= 15 is 0 Å². The number of benzene rings is 6. The summed E-state index contributed by atoms with van der Waals surface area (Å²) in [4.78, 5) is 9.66. The molecule has 0 aliphatic heterocycles. The number of nitrogens with zero attached hydrogens (tertiary/aromatic N) is 2. The Morgan fingerprint density at radius 2 is 1.24 bits per heavy atom. The number of hydrogen-bond acceptors (Lipinski definition) is 3. The van der Waals surface area contributed by atoms with E-state index in [0.717, 1.165) is 27.5 Å². The highest BCUT2D eigenvalue weighted by atomic mass is 32.1. The normalized spacial score (nSPS) is 11.8. The predicted octanol–water partition coefficient (Wildman–Crippen LogP) is 9.95. The van der Waals surface area contributed by atoms with Crippen LogP contribution in [0, 0.1) is 6.92 Å². The van der Waals surface area contributed by atoms with Crippen molar-refractivity contribution in [3.8, 4) is 22.3 Å². The minimum atomic E-state index is 0.934. The zero-order valence-corrected chi connectivity index (χ0v) is 21.6. The monoisotopic (exact) mass is 502 g/mol. The van der Waals surface area contributed by atoms with Gasteiger partial charge in [-0.2, -0.15) is 0 Å². The Kier molecular flexibility index (Phi) is 4.64. The molecule has 0 saturated heterocycles. The third kappa shape index (κ3) is 3.19. The largest absolute Gasteiger partial charge is 0.252 e. The summed E-state index contributed by atoms with van der Waals surface area (Å²) in [7, 11) is 0. The van der Waals surface area contributed by atoms with Crippen LogP contribution in [0.5, 0.6) is 0 Å². The maximum absolute atomic E-state index is 4.86. The average molecular weight is 503 g/mol. The van der Waals surface area contributed by atoms with Gasteiger partial charge in [0.05, 0.1) is 16.7 Å². The molecule has 38 heavy (non-hydrogen) atoms. The van der Waals surface area contributed by atoms with E-state index in [4.69, 9.17) is 9.97 Å². The fourth-order valence-electron chi connectivity index (χ4n) is 5.78. The van der Waals surface area contributed by atoms with Gasteiger partial charge in [0.15, 0.2) is 0 Å². The quantitative estimate of drug-likeness (QED) is 0.220. The van der Waals surface area contributed by atoms with Crippen molar-refractivity contribution >= 4 is 64.1 Å². The van der Waals surface area contributed by atoms with Crippen LogP contribution in [0.3, 0.4) is 0 Å². The zero-order chi connectivity index (χ0) is 25.2. The first-order valence-corrected chi connectivity index (χ1v) is 13.7. The summed E-state index contributed by atoms with van der Waals surface area (Å²) in [6.45, 7) is 2.00. The van der Waals surface area contributed by atoms with Crippen molar-refractivity contribution < 1.29 is 0 Å². The van der Waals surface area contributed by atoms with Gasteiger partial charge in [-0.1, -0.05) is 91.0 Å². The van der Waals surface area contributed by atoms with E-state index in [1.807, 2.05) is 24.5 Å². The van der Waals surface area contributed by atoms with Crippen LogP contribution in [0.15, 0.2) is 115 Å². The maximum atomic E-state index is 4.86. The molecule has 0 atom stereocenters. The lowest BCUT2D eigenvalue weighted by Crippen LogP contribution is -1.91. The van der Waals surface area contributed by atoms with Crippen molar-refractivity contribution in [3.05, 3.63) is 121 Å². The summed E-state index contributed by atoms with van der Waals surface area (Å²) in [6.07, 6.45) is 1.86. The Morgan fingerprint density at radius 3 is 2.16 bits per heavy atom. The van der Waals surface area contributed by atoms with Crippen molar-refractivity contribution in [2.24, 2.45) is 0 Å². The lowest BCUT2D eigenvalue weighted by Gasteiger charge is -2.12. The number of hydrogen-bond donors (Lipinski definition) is 0. The van der Waals surface area contributed by atoms with Crippen LogP contribution in [0.1, 0.15) is 5.69 Å². The minimum absolute atomic E-state index is 0.934. The van der Waals surface area contributed by atoms with Crippen molar-refractivity contribution in [2.45, 2.75) is 6.92 Å². The lowest BCUT2D eigenvalue weighted by molar-refractivity contribution is 1.19.